The fraction of sp³-hybridized carbons (Fsp3) is 0.857. The number of hydrogen-bond donors (Lipinski definition) is 1. The van der Waals surface area contributed by atoms with Gasteiger partial charge in [0.1, 0.15) is 0 Å². The summed E-state index contributed by atoms with van der Waals surface area (Å²) in [7, 11) is 0. The first kappa shape index (κ1) is 12.6. The van der Waals surface area contributed by atoms with E-state index in [4.69, 9.17) is 0 Å². The van der Waals surface area contributed by atoms with E-state index >= 15 is 0 Å². The topological polar surface area (TPSA) is 46.2 Å². The summed E-state index contributed by atoms with van der Waals surface area (Å²) in [5.41, 5.74) is 0.552. The maximum Gasteiger partial charge on any atom is 0.230 e. The zero-order chi connectivity index (χ0) is 12.8. The van der Waals surface area contributed by atoms with Crippen LogP contribution in [0.4, 0.5) is 0 Å². The molecule has 0 radical (unpaired) electrons. The van der Waals surface area contributed by atoms with Crippen LogP contribution >= 0.6 is 0 Å². The molecule has 0 aromatic heterocycles. The Morgan fingerprint density at radius 1 is 1.06 bits per heavy atom. The molecule has 96 valence electrons. The summed E-state index contributed by atoms with van der Waals surface area (Å²) in [6.07, 6.45) is 3.71. The van der Waals surface area contributed by atoms with Crippen molar-refractivity contribution in [2.75, 3.05) is 0 Å². The van der Waals surface area contributed by atoms with Crippen LogP contribution in [0.15, 0.2) is 0 Å². The van der Waals surface area contributed by atoms with Gasteiger partial charge in [0.25, 0.3) is 0 Å². The monoisotopic (exact) mass is 237 g/mol. The lowest BCUT2D eigenvalue weighted by Gasteiger charge is -2.46. The van der Waals surface area contributed by atoms with Crippen LogP contribution < -0.4 is 5.32 Å². The minimum atomic E-state index is -0.0961. The van der Waals surface area contributed by atoms with Crippen LogP contribution in [-0.2, 0) is 9.59 Å². The van der Waals surface area contributed by atoms with E-state index in [1.165, 1.54) is 6.42 Å². The molecule has 2 amide bonds. The second-order valence-corrected chi connectivity index (χ2v) is 7.40. The van der Waals surface area contributed by atoms with E-state index in [1.807, 2.05) is 0 Å². The molecule has 2 rings (SSSR count). The van der Waals surface area contributed by atoms with E-state index in [0.717, 1.165) is 12.8 Å². The number of amides is 2. The van der Waals surface area contributed by atoms with Gasteiger partial charge in [-0.1, -0.05) is 27.7 Å². The Labute approximate surface area is 103 Å². The van der Waals surface area contributed by atoms with Crippen LogP contribution in [0.2, 0.25) is 0 Å². The molecule has 1 unspecified atom stereocenters. The summed E-state index contributed by atoms with van der Waals surface area (Å²) in [5, 5.41) is 2.44. The van der Waals surface area contributed by atoms with Crippen molar-refractivity contribution in [3.63, 3.8) is 0 Å². The molecule has 1 aliphatic heterocycles. The van der Waals surface area contributed by atoms with Crippen molar-refractivity contribution in [1.29, 1.82) is 0 Å². The van der Waals surface area contributed by atoms with Crippen molar-refractivity contribution in [2.45, 2.75) is 53.4 Å². The summed E-state index contributed by atoms with van der Waals surface area (Å²) in [6, 6.07) is 0. The van der Waals surface area contributed by atoms with Crippen LogP contribution in [0, 0.1) is 22.7 Å². The second-order valence-electron chi connectivity index (χ2n) is 7.40. The molecule has 0 aromatic rings. The fourth-order valence-electron chi connectivity index (χ4n) is 4.17. The van der Waals surface area contributed by atoms with Gasteiger partial charge in [0, 0.05) is 12.3 Å². The van der Waals surface area contributed by atoms with Gasteiger partial charge in [0.15, 0.2) is 0 Å². The third kappa shape index (κ3) is 2.70. The molecule has 1 heterocycles. The van der Waals surface area contributed by atoms with Gasteiger partial charge in [0.2, 0.25) is 11.8 Å². The van der Waals surface area contributed by atoms with Gasteiger partial charge in [-0.05, 0) is 36.0 Å². The fourth-order valence-corrected chi connectivity index (χ4v) is 4.17. The lowest BCUT2D eigenvalue weighted by Crippen LogP contribution is -2.38. The van der Waals surface area contributed by atoms with Gasteiger partial charge in [-0.15, -0.1) is 0 Å². The Bertz CT molecular complexity index is 341. The molecule has 1 aliphatic carbocycles. The molecular weight excluding hydrogens is 214 g/mol. The molecule has 0 aromatic carbocycles. The number of carbonyl (C=O) groups excluding carboxylic acids is 2. The normalized spacial score (nSPS) is 32.6. The zero-order valence-corrected chi connectivity index (χ0v) is 11.3. The maximum absolute atomic E-state index is 11.8. The number of nitrogens with one attached hydrogen (secondary N) is 1. The number of rotatable bonds is 1. The van der Waals surface area contributed by atoms with Gasteiger partial charge in [-0.3, -0.25) is 14.9 Å². The van der Waals surface area contributed by atoms with Gasteiger partial charge in [-0.25, -0.2) is 0 Å². The smallest absolute Gasteiger partial charge is 0.230 e. The highest BCUT2D eigenvalue weighted by atomic mass is 16.2. The number of imide groups is 1. The predicted molar refractivity (Wildman–Crippen MR) is 66.2 cm³/mol. The largest absolute Gasteiger partial charge is 0.296 e. The third-order valence-electron chi connectivity index (χ3n) is 4.16. The Morgan fingerprint density at radius 2 is 1.59 bits per heavy atom. The van der Waals surface area contributed by atoms with Crippen LogP contribution in [0.5, 0.6) is 0 Å². The molecule has 1 saturated heterocycles. The van der Waals surface area contributed by atoms with Gasteiger partial charge >= 0.3 is 0 Å². The van der Waals surface area contributed by atoms with Gasteiger partial charge in [0.05, 0.1) is 0 Å². The van der Waals surface area contributed by atoms with Crippen molar-refractivity contribution < 1.29 is 9.59 Å². The van der Waals surface area contributed by atoms with Crippen molar-refractivity contribution in [1.82, 2.24) is 5.32 Å². The minimum absolute atomic E-state index is 0.0477. The first-order chi connectivity index (χ1) is 7.69. The molecule has 2 aliphatic rings. The molecule has 0 spiro atoms. The third-order valence-corrected chi connectivity index (χ3v) is 4.16. The van der Waals surface area contributed by atoms with E-state index in [1.54, 1.807) is 0 Å². The summed E-state index contributed by atoms with van der Waals surface area (Å²) >= 11 is 0. The molecule has 17 heavy (non-hydrogen) atoms. The van der Waals surface area contributed by atoms with Crippen molar-refractivity contribution in [3.05, 3.63) is 0 Å². The van der Waals surface area contributed by atoms with E-state index < -0.39 is 0 Å². The highest BCUT2D eigenvalue weighted by Crippen LogP contribution is 2.51. The average molecular weight is 237 g/mol. The first-order valence-corrected chi connectivity index (χ1v) is 6.52. The Hall–Kier alpha value is -0.860. The van der Waals surface area contributed by atoms with E-state index in [2.05, 4.69) is 33.0 Å². The van der Waals surface area contributed by atoms with Crippen molar-refractivity contribution in [2.24, 2.45) is 22.7 Å². The minimum Gasteiger partial charge on any atom is -0.296 e. The standard InChI is InChI=1S/C14H23NO2/c1-13(2)6-9(7-14(3,4)8-13)10-5-11(16)15-12(10)17/h9-10H,5-8H2,1-4H3,(H,15,16,17). The van der Waals surface area contributed by atoms with Crippen LogP contribution in [0.25, 0.3) is 0 Å². The predicted octanol–water partition coefficient (Wildman–Crippen LogP) is 2.50. The highest BCUT2D eigenvalue weighted by molar-refractivity contribution is 6.03. The molecule has 3 heteroatoms. The Balaban J connectivity index is 2.16. The molecule has 2 fully saturated rings. The molecule has 3 nitrogen and oxygen atoms in total. The average Bonchev–Trinajstić information content (AvgIpc) is 2.39. The van der Waals surface area contributed by atoms with E-state index in [-0.39, 0.29) is 28.6 Å². The zero-order valence-electron chi connectivity index (χ0n) is 11.3. The summed E-state index contributed by atoms with van der Waals surface area (Å²) in [5.74, 6) is 0.135. The van der Waals surface area contributed by atoms with E-state index in [0.29, 0.717) is 12.3 Å². The molecule has 1 atom stereocenters. The SMILES string of the molecule is CC1(C)CC(C2CC(=O)NC2=O)CC(C)(C)C1. The van der Waals surface area contributed by atoms with Gasteiger partial charge in [-0.2, -0.15) is 0 Å². The molecule has 1 N–H and O–H groups in total. The lowest BCUT2D eigenvalue weighted by molar-refractivity contribution is -0.127. The van der Waals surface area contributed by atoms with Crippen molar-refractivity contribution in [3.8, 4) is 0 Å². The van der Waals surface area contributed by atoms with E-state index in [9.17, 15) is 9.59 Å². The van der Waals surface area contributed by atoms with Gasteiger partial charge < -0.3 is 0 Å². The summed E-state index contributed by atoms with van der Waals surface area (Å²) < 4.78 is 0. The molecule has 0 bridgehead atoms. The second kappa shape index (κ2) is 3.82. The van der Waals surface area contributed by atoms with Crippen molar-refractivity contribution >= 4 is 11.8 Å². The Morgan fingerprint density at radius 3 is 2.00 bits per heavy atom. The van der Waals surface area contributed by atoms with Crippen LogP contribution in [-0.4, -0.2) is 11.8 Å². The van der Waals surface area contributed by atoms with Crippen LogP contribution in [0.3, 0.4) is 0 Å². The lowest BCUT2D eigenvalue weighted by atomic mass is 9.59. The Kier molecular flexibility index (Phi) is 2.83. The number of carbonyl (C=O) groups is 2. The quantitative estimate of drug-likeness (QED) is 0.712. The van der Waals surface area contributed by atoms with Crippen LogP contribution in [0.1, 0.15) is 53.4 Å². The summed E-state index contributed by atoms with van der Waals surface area (Å²) in [6.45, 7) is 9.09. The maximum atomic E-state index is 11.8. The molecule has 1 saturated carbocycles. The first-order valence-electron chi connectivity index (χ1n) is 6.52. The summed E-state index contributed by atoms with van der Waals surface area (Å²) in [4.78, 5) is 23.1. The highest BCUT2D eigenvalue weighted by Gasteiger charge is 2.45. The number of hydrogen-bond acceptors (Lipinski definition) is 2. The molecular formula is C14H23NO2.